The number of nitro benzene ring substituents is 1. The van der Waals surface area contributed by atoms with E-state index in [1.165, 1.54) is 36.0 Å². The Morgan fingerprint density at radius 1 is 1.14 bits per heavy atom. The Hall–Kier alpha value is -4.30. The second-order valence-corrected chi connectivity index (χ2v) is 8.80. The van der Waals surface area contributed by atoms with Crippen LogP contribution in [0.15, 0.2) is 54.1 Å². The van der Waals surface area contributed by atoms with E-state index in [4.69, 9.17) is 4.74 Å². The maximum Gasteiger partial charge on any atom is 0.269 e. The third kappa shape index (κ3) is 6.39. The molecule has 10 nitrogen and oxygen atoms in total. The highest BCUT2D eigenvalue weighted by atomic mass is 32.1. The van der Waals surface area contributed by atoms with E-state index in [0.29, 0.717) is 16.4 Å². The van der Waals surface area contributed by atoms with Gasteiger partial charge in [0.25, 0.3) is 11.6 Å². The first-order chi connectivity index (χ1) is 17.0. The Balaban J connectivity index is 1.34. The Kier molecular flexibility index (Phi) is 7.64. The van der Waals surface area contributed by atoms with Gasteiger partial charge in [0.15, 0.2) is 0 Å². The molecule has 0 saturated carbocycles. The van der Waals surface area contributed by atoms with Gasteiger partial charge in [-0.25, -0.2) is 0 Å². The smallest absolute Gasteiger partial charge is 0.269 e. The second kappa shape index (κ2) is 11.2. The number of hydrogen-bond donors (Lipinski definition) is 1. The topological polar surface area (TPSA) is 134 Å². The van der Waals surface area contributed by atoms with Crippen molar-refractivity contribution in [2.75, 3.05) is 23.3 Å². The molecule has 178 valence electrons. The van der Waals surface area contributed by atoms with Crippen molar-refractivity contribution in [1.29, 1.82) is 5.26 Å². The number of carbonyl (C=O) groups excluding carboxylic acids is 1. The molecule has 1 saturated heterocycles. The minimum absolute atomic E-state index is 0.0239. The lowest BCUT2D eigenvalue weighted by molar-refractivity contribution is -0.384. The minimum Gasteiger partial charge on any atom is -0.489 e. The zero-order valence-corrected chi connectivity index (χ0v) is 19.5. The van der Waals surface area contributed by atoms with Crippen molar-refractivity contribution >= 4 is 39.3 Å². The number of piperidine rings is 1. The average molecular weight is 491 g/mol. The van der Waals surface area contributed by atoms with Crippen molar-refractivity contribution in [2.24, 2.45) is 0 Å². The molecule has 0 spiro atoms. The van der Waals surface area contributed by atoms with E-state index in [9.17, 15) is 20.2 Å². The van der Waals surface area contributed by atoms with E-state index in [1.54, 1.807) is 36.4 Å². The first-order valence-electron chi connectivity index (χ1n) is 11.0. The number of nitrogens with one attached hydrogen (secondary N) is 1. The monoisotopic (exact) mass is 490 g/mol. The maximum absolute atomic E-state index is 12.6. The molecule has 4 rings (SSSR count). The summed E-state index contributed by atoms with van der Waals surface area (Å²) in [6, 6.07) is 15.0. The third-order valence-electron chi connectivity index (χ3n) is 5.37. The van der Waals surface area contributed by atoms with Gasteiger partial charge >= 0.3 is 0 Å². The Morgan fingerprint density at radius 2 is 1.86 bits per heavy atom. The molecule has 0 radical (unpaired) electrons. The van der Waals surface area contributed by atoms with Crippen LogP contribution in [0.2, 0.25) is 0 Å². The number of carbonyl (C=O) groups is 1. The lowest BCUT2D eigenvalue weighted by Crippen LogP contribution is -2.29. The van der Waals surface area contributed by atoms with E-state index >= 15 is 0 Å². The van der Waals surface area contributed by atoms with Crippen LogP contribution >= 0.6 is 11.3 Å². The number of non-ortho nitro benzene ring substituents is 1. The van der Waals surface area contributed by atoms with Crippen molar-refractivity contribution in [1.82, 2.24) is 10.2 Å². The number of ether oxygens (including phenoxy) is 1. The van der Waals surface area contributed by atoms with Crippen LogP contribution < -0.4 is 15.0 Å². The largest absolute Gasteiger partial charge is 0.489 e. The quantitative estimate of drug-likeness (QED) is 0.210. The van der Waals surface area contributed by atoms with Crippen LogP contribution in [0, 0.1) is 21.4 Å². The van der Waals surface area contributed by atoms with Crippen LogP contribution in [-0.2, 0) is 11.4 Å². The van der Waals surface area contributed by atoms with Gasteiger partial charge in [0.05, 0.1) is 4.92 Å². The zero-order valence-electron chi connectivity index (χ0n) is 18.7. The Bertz CT molecular complexity index is 1260. The average Bonchev–Trinajstić information content (AvgIpc) is 3.36. The number of nitro groups is 1. The van der Waals surface area contributed by atoms with Crippen molar-refractivity contribution in [3.8, 4) is 11.8 Å². The van der Waals surface area contributed by atoms with Crippen LogP contribution in [0.1, 0.15) is 30.4 Å². The number of anilines is 2. The summed E-state index contributed by atoms with van der Waals surface area (Å²) in [5.41, 5.74) is 1.42. The molecule has 3 aromatic rings. The molecular formula is C24H22N6O4S. The van der Waals surface area contributed by atoms with Crippen LogP contribution in [0.5, 0.6) is 5.75 Å². The Morgan fingerprint density at radius 3 is 2.51 bits per heavy atom. The first-order valence-corrected chi connectivity index (χ1v) is 11.8. The molecule has 1 fully saturated rings. The molecule has 11 heteroatoms. The van der Waals surface area contributed by atoms with Gasteiger partial charge in [-0.2, -0.15) is 5.26 Å². The van der Waals surface area contributed by atoms with Gasteiger partial charge in [-0.1, -0.05) is 23.5 Å². The molecule has 0 unspecified atom stereocenters. The minimum atomic E-state index is -0.549. The van der Waals surface area contributed by atoms with E-state index in [-0.39, 0.29) is 17.9 Å². The molecule has 1 amide bonds. The van der Waals surface area contributed by atoms with Crippen molar-refractivity contribution < 1.29 is 14.5 Å². The number of benzene rings is 2. The highest BCUT2D eigenvalue weighted by molar-refractivity contribution is 7.19. The highest BCUT2D eigenvalue weighted by Crippen LogP contribution is 2.27. The summed E-state index contributed by atoms with van der Waals surface area (Å²) in [5.74, 6) is 0.0369. The van der Waals surface area contributed by atoms with E-state index in [0.717, 1.165) is 36.6 Å². The number of hydrogen-bond acceptors (Lipinski definition) is 9. The summed E-state index contributed by atoms with van der Waals surface area (Å²) in [4.78, 5) is 25.0. The number of nitriles is 1. The molecule has 0 bridgehead atoms. The van der Waals surface area contributed by atoms with Crippen molar-refractivity contribution in [2.45, 2.75) is 25.9 Å². The maximum atomic E-state index is 12.6. The van der Waals surface area contributed by atoms with Gasteiger partial charge in [-0.15, -0.1) is 10.2 Å². The molecular weight excluding hydrogens is 468 g/mol. The molecule has 1 aromatic heterocycles. The highest BCUT2D eigenvalue weighted by Gasteiger charge is 2.17. The second-order valence-electron chi connectivity index (χ2n) is 7.84. The standard InChI is InChI=1S/C24H22N6O4S/c25-15-19(22(31)26-23-27-28-24(35-23)29-12-2-1-3-13-29)14-17-6-10-21(11-7-17)34-16-18-4-8-20(9-5-18)30(32)33/h4-11,14H,1-3,12-13,16H2,(H,26,27,31). The summed E-state index contributed by atoms with van der Waals surface area (Å²) in [5, 5.41) is 32.2. The fraction of sp³-hybridized carbons (Fsp3) is 0.250. The van der Waals surface area contributed by atoms with E-state index in [2.05, 4.69) is 20.4 Å². The third-order valence-corrected chi connectivity index (χ3v) is 6.27. The number of aromatic nitrogens is 2. The van der Waals surface area contributed by atoms with Gasteiger partial charge in [-0.05, 0) is 60.7 Å². The van der Waals surface area contributed by atoms with Gasteiger partial charge in [0.1, 0.15) is 24.0 Å². The predicted molar refractivity (Wildman–Crippen MR) is 132 cm³/mol. The van der Waals surface area contributed by atoms with Gasteiger partial charge < -0.3 is 9.64 Å². The lowest BCUT2D eigenvalue weighted by Gasteiger charge is -2.25. The fourth-order valence-electron chi connectivity index (χ4n) is 3.50. The van der Waals surface area contributed by atoms with Crippen molar-refractivity contribution in [3.05, 3.63) is 75.3 Å². The molecule has 0 atom stereocenters. The molecule has 2 aromatic carbocycles. The predicted octanol–water partition coefficient (Wildman–Crippen LogP) is 4.56. The van der Waals surface area contributed by atoms with Crippen LogP contribution in [0.3, 0.4) is 0 Å². The molecule has 1 N–H and O–H groups in total. The molecule has 1 aliphatic rings. The first kappa shape index (κ1) is 23.8. The van der Waals surface area contributed by atoms with E-state index in [1.807, 2.05) is 6.07 Å². The zero-order chi connectivity index (χ0) is 24.6. The number of rotatable bonds is 8. The van der Waals surface area contributed by atoms with Crippen LogP contribution in [0.25, 0.3) is 6.08 Å². The summed E-state index contributed by atoms with van der Waals surface area (Å²) >= 11 is 1.29. The fourth-order valence-corrected chi connectivity index (χ4v) is 4.29. The number of amides is 1. The summed E-state index contributed by atoms with van der Waals surface area (Å²) in [7, 11) is 0. The van der Waals surface area contributed by atoms with Crippen LogP contribution in [-0.4, -0.2) is 34.1 Å². The van der Waals surface area contributed by atoms with E-state index < -0.39 is 10.8 Å². The SMILES string of the molecule is N#CC(=Cc1ccc(OCc2ccc([N+](=O)[O-])cc2)cc1)C(=O)Nc1nnc(N2CCCCC2)s1. The van der Waals surface area contributed by atoms with Crippen LogP contribution in [0.4, 0.5) is 16.0 Å². The normalized spacial score (nSPS) is 13.7. The van der Waals surface area contributed by atoms with Gasteiger partial charge in [0, 0.05) is 25.2 Å². The Labute approximate surface area is 205 Å². The van der Waals surface area contributed by atoms with Gasteiger partial charge in [-0.3, -0.25) is 20.2 Å². The summed E-state index contributed by atoms with van der Waals surface area (Å²) < 4.78 is 5.70. The van der Waals surface area contributed by atoms with Crippen molar-refractivity contribution in [3.63, 3.8) is 0 Å². The molecule has 0 aliphatic carbocycles. The van der Waals surface area contributed by atoms with Gasteiger partial charge in [0.2, 0.25) is 10.3 Å². The number of nitrogens with zero attached hydrogens (tertiary/aromatic N) is 5. The lowest BCUT2D eigenvalue weighted by atomic mass is 10.1. The molecule has 1 aliphatic heterocycles. The molecule has 35 heavy (non-hydrogen) atoms. The summed E-state index contributed by atoms with van der Waals surface area (Å²) in [6.45, 7) is 2.11. The summed E-state index contributed by atoms with van der Waals surface area (Å²) in [6.07, 6.45) is 4.93. The molecule has 2 heterocycles.